The molecule has 4 nitrogen and oxygen atoms in total. The van der Waals surface area contributed by atoms with Crippen molar-refractivity contribution in [3.63, 3.8) is 0 Å². The molecule has 1 aliphatic heterocycles. The Morgan fingerprint density at radius 2 is 1.78 bits per heavy atom. The third kappa shape index (κ3) is 2.00. The number of amides is 2. The van der Waals surface area contributed by atoms with Gasteiger partial charge in [0.2, 0.25) is 11.8 Å². The van der Waals surface area contributed by atoms with Crippen LogP contribution in [0.4, 0.5) is 5.69 Å². The van der Waals surface area contributed by atoms with Crippen LogP contribution in [0.3, 0.4) is 0 Å². The first-order valence-electron chi connectivity index (χ1n) is 8.49. The van der Waals surface area contributed by atoms with Gasteiger partial charge in [0.1, 0.15) is 5.78 Å². The minimum Gasteiger partial charge on any atom is -0.299 e. The van der Waals surface area contributed by atoms with E-state index in [2.05, 4.69) is 13.8 Å². The first kappa shape index (κ1) is 14.6. The van der Waals surface area contributed by atoms with Gasteiger partial charge in [-0.3, -0.25) is 19.3 Å². The van der Waals surface area contributed by atoms with Gasteiger partial charge in [-0.25, -0.2) is 0 Å². The van der Waals surface area contributed by atoms with Gasteiger partial charge in [-0.05, 0) is 42.4 Å². The molecule has 4 atom stereocenters. The molecular formula is C19H21NO3. The van der Waals surface area contributed by atoms with Crippen molar-refractivity contribution in [3.8, 4) is 0 Å². The van der Waals surface area contributed by atoms with Crippen molar-refractivity contribution in [1.82, 2.24) is 0 Å². The summed E-state index contributed by atoms with van der Waals surface area (Å²) >= 11 is 0. The van der Waals surface area contributed by atoms with Crippen LogP contribution in [0.25, 0.3) is 0 Å². The number of rotatable bonds is 2. The van der Waals surface area contributed by atoms with Crippen molar-refractivity contribution in [2.24, 2.45) is 23.7 Å². The van der Waals surface area contributed by atoms with Crippen molar-refractivity contribution in [2.45, 2.75) is 39.0 Å². The average Bonchev–Trinajstić information content (AvgIpc) is 2.81. The zero-order chi connectivity index (χ0) is 16.3. The number of benzene rings is 1. The molecule has 2 bridgehead atoms. The predicted octanol–water partition coefficient (Wildman–Crippen LogP) is 2.91. The lowest BCUT2D eigenvalue weighted by atomic mass is 9.59. The summed E-state index contributed by atoms with van der Waals surface area (Å²) in [6.45, 7) is 4.18. The summed E-state index contributed by atoms with van der Waals surface area (Å²) in [6.07, 6.45) is 2.14. The highest BCUT2D eigenvalue weighted by molar-refractivity contribution is 6.23. The number of anilines is 1. The van der Waals surface area contributed by atoms with Gasteiger partial charge in [0.25, 0.3) is 0 Å². The van der Waals surface area contributed by atoms with Crippen molar-refractivity contribution >= 4 is 23.3 Å². The summed E-state index contributed by atoms with van der Waals surface area (Å²) in [5, 5.41) is 0. The quantitative estimate of drug-likeness (QED) is 0.789. The van der Waals surface area contributed by atoms with E-state index >= 15 is 0 Å². The van der Waals surface area contributed by atoms with E-state index in [9.17, 15) is 14.4 Å². The molecule has 0 N–H and O–H groups in total. The first-order chi connectivity index (χ1) is 11.0. The van der Waals surface area contributed by atoms with Gasteiger partial charge in [-0.1, -0.05) is 26.0 Å². The summed E-state index contributed by atoms with van der Waals surface area (Å²) in [4.78, 5) is 39.3. The molecule has 0 radical (unpaired) electrons. The van der Waals surface area contributed by atoms with Gasteiger partial charge in [-0.15, -0.1) is 0 Å². The molecule has 0 aromatic heterocycles. The maximum absolute atomic E-state index is 12.9. The normalized spacial score (nSPS) is 32.8. The van der Waals surface area contributed by atoms with Gasteiger partial charge < -0.3 is 0 Å². The number of hydrogen-bond acceptors (Lipinski definition) is 3. The zero-order valence-corrected chi connectivity index (χ0v) is 13.5. The monoisotopic (exact) mass is 311 g/mol. The minimum absolute atomic E-state index is 0.0623. The Morgan fingerprint density at radius 3 is 2.48 bits per heavy atom. The molecule has 4 fully saturated rings. The first-order valence-corrected chi connectivity index (χ1v) is 8.49. The van der Waals surface area contributed by atoms with E-state index in [0.717, 1.165) is 18.4 Å². The Morgan fingerprint density at radius 1 is 1.04 bits per heavy atom. The smallest absolute Gasteiger partial charge is 0.238 e. The van der Waals surface area contributed by atoms with E-state index in [-0.39, 0.29) is 35.4 Å². The van der Waals surface area contributed by atoms with Crippen LogP contribution < -0.4 is 4.90 Å². The Kier molecular flexibility index (Phi) is 3.19. The lowest BCUT2D eigenvalue weighted by molar-refractivity contribution is -0.143. The lowest BCUT2D eigenvalue weighted by Crippen LogP contribution is -2.46. The summed E-state index contributed by atoms with van der Waals surface area (Å²) in [7, 11) is 0. The molecule has 3 aliphatic carbocycles. The second-order valence-electron chi connectivity index (χ2n) is 7.43. The van der Waals surface area contributed by atoms with Crippen LogP contribution in [0.1, 0.15) is 44.6 Å². The molecular weight excluding hydrogens is 290 g/mol. The number of carbonyl (C=O) groups is 3. The topological polar surface area (TPSA) is 54.5 Å². The van der Waals surface area contributed by atoms with Crippen molar-refractivity contribution in [2.75, 3.05) is 4.90 Å². The maximum atomic E-state index is 12.9. The molecule has 4 unspecified atom stereocenters. The number of hydrogen-bond donors (Lipinski definition) is 0. The molecule has 5 rings (SSSR count). The van der Waals surface area contributed by atoms with Gasteiger partial charge in [-0.2, -0.15) is 0 Å². The number of Topliss-reactive ketones (excluding diaryl/α,β-unsaturated/α-hetero) is 1. The van der Waals surface area contributed by atoms with E-state index in [0.29, 0.717) is 18.0 Å². The molecule has 1 heterocycles. The molecule has 4 heteroatoms. The molecule has 3 saturated carbocycles. The number of ketones is 1. The van der Waals surface area contributed by atoms with Crippen molar-refractivity contribution < 1.29 is 14.4 Å². The van der Waals surface area contributed by atoms with Crippen molar-refractivity contribution in [1.29, 1.82) is 0 Å². The fraction of sp³-hybridized carbons (Fsp3) is 0.526. The number of imide groups is 1. The highest BCUT2D eigenvalue weighted by Crippen LogP contribution is 2.52. The number of carbonyl (C=O) groups excluding carboxylic acids is 3. The van der Waals surface area contributed by atoms with E-state index in [4.69, 9.17) is 0 Å². The SMILES string of the molecule is CC(C)c1cccc(N2C(=O)C3C4CCC(C(=O)C4)C3C2=O)c1. The largest absolute Gasteiger partial charge is 0.299 e. The molecule has 1 aromatic carbocycles. The second-order valence-corrected chi connectivity index (χ2v) is 7.43. The third-order valence-corrected chi connectivity index (χ3v) is 5.86. The average molecular weight is 311 g/mol. The Hall–Kier alpha value is -1.97. The van der Waals surface area contributed by atoms with E-state index in [1.54, 1.807) is 0 Å². The summed E-state index contributed by atoms with van der Waals surface area (Å²) < 4.78 is 0. The zero-order valence-electron chi connectivity index (χ0n) is 13.5. The Balaban J connectivity index is 1.74. The molecule has 0 spiro atoms. The predicted molar refractivity (Wildman–Crippen MR) is 85.8 cm³/mol. The minimum atomic E-state index is -0.412. The maximum Gasteiger partial charge on any atom is 0.238 e. The van der Waals surface area contributed by atoms with Crippen LogP contribution in [0.2, 0.25) is 0 Å². The van der Waals surface area contributed by atoms with Crippen LogP contribution in [0.15, 0.2) is 24.3 Å². The Bertz CT molecular complexity index is 708. The summed E-state index contributed by atoms with van der Waals surface area (Å²) in [5.41, 5.74) is 1.77. The molecule has 120 valence electrons. The van der Waals surface area contributed by atoms with E-state index in [1.807, 2.05) is 24.3 Å². The van der Waals surface area contributed by atoms with Crippen LogP contribution in [0, 0.1) is 23.7 Å². The molecule has 4 aliphatic rings. The summed E-state index contributed by atoms with van der Waals surface area (Å²) in [6, 6.07) is 7.66. The molecule has 1 saturated heterocycles. The Labute approximate surface area is 135 Å². The van der Waals surface area contributed by atoms with Crippen LogP contribution in [0.5, 0.6) is 0 Å². The number of fused-ring (bicyclic) bond motifs is 2. The highest BCUT2D eigenvalue weighted by atomic mass is 16.2. The second kappa shape index (κ2) is 5.02. The fourth-order valence-electron chi connectivity index (χ4n) is 4.66. The van der Waals surface area contributed by atoms with Crippen LogP contribution in [-0.4, -0.2) is 17.6 Å². The summed E-state index contributed by atoms with van der Waals surface area (Å²) in [5.74, 6) is -0.602. The molecule has 1 aromatic rings. The van der Waals surface area contributed by atoms with Gasteiger partial charge in [0.15, 0.2) is 0 Å². The molecule has 2 amide bonds. The van der Waals surface area contributed by atoms with Crippen LogP contribution in [-0.2, 0) is 14.4 Å². The fourth-order valence-corrected chi connectivity index (χ4v) is 4.66. The van der Waals surface area contributed by atoms with Crippen molar-refractivity contribution in [3.05, 3.63) is 29.8 Å². The van der Waals surface area contributed by atoms with E-state index < -0.39 is 5.92 Å². The lowest BCUT2D eigenvalue weighted by Gasteiger charge is -2.41. The van der Waals surface area contributed by atoms with Gasteiger partial charge in [0.05, 0.1) is 17.5 Å². The van der Waals surface area contributed by atoms with E-state index in [1.165, 1.54) is 4.90 Å². The van der Waals surface area contributed by atoms with Gasteiger partial charge in [0, 0.05) is 12.3 Å². The highest BCUT2D eigenvalue weighted by Gasteiger charge is 2.60. The number of nitrogens with zero attached hydrogens (tertiary/aromatic N) is 1. The third-order valence-electron chi connectivity index (χ3n) is 5.86. The molecule has 23 heavy (non-hydrogen) atoms. The van der Waals surface area contributed by atoms with Gasteiger partial charge >= 0.3 is 0 Å². The standard InChI is InChI=1S/C19H21NO3/c1-10(2)11-4-3-5-13(8-11)20-18(22)16-12-6-7-14(15(21)9-12)17(16)19(20)23/h3-5,8,10,12,14,16-17H,6-7,9H2,1-2H3. The van der Waals surface area contributed by atoms with Crippen LogP contribution >= 0.6 is 0 Å².